The summed E-state index contributed by atoms with van der Waals surface area (Å²) in [5.41, 5.74) is 1.39. The number of rotatable bonds is 6. The van der Waals surface area contributed by atoms with Gasteiger partial charge in [0.2, 0.25) is 11.8 Å². The van der Waals surface area contributed by atoms with Gasteiger partial charge in [0.05, 0.1) is 6.42 Å². The van der Waals surface area contributed by atoms with Crippen LogP contribution in [-0.2, 0) is 16.0 Å². The minimum Gasteiger partial charge on any atom is -0.326 e. The van der Waals surface area contributed by atoms with Crippen LogP contribution in [0.4, 0.5) is 15.8 Å². The zero-order chi connectivity index (χ0) is 19.2. The van der Waals surface area contributed by atoms with Gasteiger partial charge in [-0.05, 0) is 42.8 Å². The Kier molecular flexibility index (Phi) is 5.61. The van der Waals surface area contributed by atoms with Crippen LogP contribution in [0.2, 0.25) is 0 Å². The highest BCUT2D eigenvalue weighted by atomic mass is 19.1. The van der Waals surface area contributed by atoms with Gasteiger partial charge in [-0.15, -0.1) is 0 Å². The van der Waals surface area contributed by atoms with E-state index in [0.29, 0.717) is 16.9 Å². The summed E-state index contributed by atoms with van der Waals surface area (Å²) >= 11 is 0. The van der Waals surface area contributed by atoms with E-state index in [1.54, 1.807) is 72.5 Å². The van der Waals surface area contributed by atoms with E-state index in [2.05, 4.69) is 15.7 Å². The largest absolute Gasteiger partial charge is 0.326 e. The molecule has 1 heterocycles. The summed E-state index contributed by atoms with van der Waals surface area (Å²) in [4.78, 5) is 24.5. The number of hydrogen-bond acceptors (Lipinski definition) is 3. The van der Waals surface area contributed by atoms with Crippen LogP contribution in [0.3, 0.4) is 0 Å². The van der Waals surface area contributed by atoms with Crippen molar-refractivity contribution in [1.82, 2.24) is 9.78 Å². The summed E-state index contributed by atoms with van der Waals surface area (Å²) in [6.07, 6.45) is 3.25. The lowest BCUT2D eigenvalue weighted by Gasteiger charge is -2.13. The van der Waals surface area contributed by atoms with Crippen LogP contribution < -0.4 is 10.6 Å². The fourth-order valence-electron chi connectivity index (χ4n) is 2.57. The number of halogens is 1. The molecule has 7 heteroatoms. The molecule has 2 aromatic carbocycles. The first kappa shape index (κ1) is 18.3. The fraction of sp³-hybridized carbons (Fsp3) is 0.150. The quantitative estimate of drug-likeness (QED) is 0.702. The molecule has 2 amide bonds. The van der Waals surface area contributed by atoms with Crippen molar-refractivity contribution < 1.29 is 14.0 Å². The van der Waals surface area contributed by atoms with E-state index in [-0.39, 0.29) is 18.2 Å². The minimum absolute atomic E-state index is 0.0698. The standard InChI is InChI=1S/C20H19FN4O2/c1-14(25-11-5-10-22-25)20(27)24-17-8-4-7-16(13-17)23-19(26)12-15-6-2-3-9-18(15)21/h2-11,13-14H,12H2,1H3,(H,23,26)(H,24,27). The van der Waals surface area contributed by atoms with Crippen molar-refractivity contribution in [2.24, 2.45) is 0 Å². The zero-order valence-corrected chi connectivity index (χ0v) is 14.7. The van der Waals surface area contributed by atoms with E-state index in [0.717, 1.165) is 0 Å². The van der Waals surface area contributed by atoms with Gasteiger partial charge in [-0.25, -0.2) is 4.39 Å². The van der Waals surface area contributed by atoms with E-state index < -0.39 is 11.9 Å². The first-order chi connectivity index (χ1) is 13.0. The number of nitrogens with one attached hydrogen (secondary N) is 2. The third kappa shape index (κ3) is 4.78. The molecule has 1 atom stereocenters. The molecule has 0 fully saturated rings. The predicted molar refractivity (Wildman–Crippen MR) is 101 cm³/mol. The average Bonchev–Trinajstić information content (AvgIpc) is 3.18. The van der Waals surface area contributed by atoms with Gasteiger partial charge in [0.25, 0.3) is 0 Å². The van der Waals surface area contributed by atoms with Crippen LogP contribution in [0.5, 0.6) is 0 Å². The van der Waals surface area contributed by atoms with E-state index in [1.165, 1.54) is 6.07 Å². The Balaban J connectivity index is 1.62. The molecular weight excluding hydrogens is 347 g/mol. The summed E-state index contributed by atoms with van der Waals surface area (Å²) in [6.45, 7) is 1.74. The van der Waals surface area contributed by atoms with E-state index in [9.17, 15) is 14.0 Å². The van der Waals surface area contributed by atoms with Gasteiger partial charge in [0, 0.05) is 23.8 Å². The Hall–Kier alpha value is -3.48. The lowest BCUT2D eigenvalue weighted by atomic mass is 10.1. The molecule has 0 saturated heterocycles. The smallest absolute Gasteiger partial charge is 0.248 e. The first-order valence-corrected chi connectivity index (χ1v) is 8.46. The number of hydrogen-bond donors (Lipinski definition) is 2. The zero-order valence-electron chi connectivity index (χ0n) is 14.7. The fourth-order valence-corrected chi connectivity index (χ4v) is 2.57. The third-order valence-electron chi connectivity index (χ3n) is 4.02. The highest BCUT2D eigenvalue weighted by Crippen LogP contribution is 2.17. The van der Waals surface area contributed by atoms with Crippen LogP contribution in [0, 0.1) is 5.82 Å². The minimum atomic E-state index is -0.473. The van der Waals surface area contributed by atoms with Crippen LogP contribution >= 0.6 is 0 Å². The van der Waals surface area contributed by atoms with Crippen molar-refractivity contribution in [3.05, 3.63) is 78.4 Å². The number of anilines is 2. The number of benzene rings is 2. The summed E-state index contributed by atoms with van der Waals surface area (Å²) in [5, 5.41) is 9.56. The third-order valence-corrected chi connectivity index (χ3v) is 4.02. The molecule has 1 aromatic heterocycles. The Morgan fingerprint density at radius 1 is 1.07 bits per heavy atom. The van der Waals surface area contributed by atoms with Gasteiger partial charge in [0.15, 0.2) is 0 Å². The van der Waals surface area contributed by atoms with E-state index in [1.807, 2.05) is 0 Å². The Morgan fingerprint density at radius 3 is 2.52 bits per heavy atom. The second-order valence-electron chi connectivity index (χ2n) is 6.05. The molecule has 0 aliphatic heterocycles. The molecule has 0 bridgehead atoms. The van der Waals surface area contributed by atoms with E-state index in [4.69, 9.17) is 0 Å². The topological polar surface area (TPSA) is 76.0 Å². The molecule has 3 aromatic rings. The molecule has 0 saturated carbocycles. The Bertz CT molecular complexity index is 941. The van der Waals surface area contributed by atoms with Gasteiger partial charge in [-0.1, -0.05) is 24.3 Å². The van der Waals surface area contributed by atoms with Crippen LogP contribution in [0.1, 0.15) is 18.5 Å². The first-order valence-electron chi connectivity index (χ1n) is 8.46. The monoisotopic (exact) mass is 366 g/mol. The lowest BCUT2D eigenvalue weighted by Crippen LogP contribution is -2.24. The van der Waals surface area contributed by atoms with Gasteiger partial charge >= 0.3 is 0 Å². The Labute approximate surface area is 156 Å². The highest BCUT2D eigenvalue weighted by molar-refractivity contribution is 5.96. The van der Waals surface area contributed by atoms with Gasteiger partial charge < -0.3 is 10.6 Å². The molecule has 27 heavy (non-hydrogen) atoms. The maximum Gasteiger partial charge on any atom is 0.248 e. The predicted octanol–water partition coefficient (Wildman–Crippen LogP) is 3.40. The normalized spacial score (nSPS) is 11.6. The van der Waals surface area contributed by atoms with Crippen molar-refractivity contribution in [1.29, 1.82) is 0 Å². The van der Waals surface area contributed by atoms with Crippen LogP contribution in [-0.4, -0.2) is 21.6 Å². The average molecular weight is 366 g/mol. The summed E-state index contributed by atoms with van der Waals surface area (Å²) < 4.78 is 15.2. The lowest BCUT2D eigenvalue weighted by molar-refractivity contribution is -0.119. The molecule has 138 valence electrons. The molecule has 0 aliphatic rings. The number of carbonyl (C=O) groups excluding carboxylic acids is 2. The maximum atomic E-state index is 13.7. The van der Waals surface area contributed by atoms with Crippen LogP contribution in [0.25, 0.3) is 0 Å². The van der Waals surface area contributed by atoms with Gasteiger partial charge in [-0.3, -0.25) is 14.3 Å². The molecule has 0 aliphatic carbocycles. The molecule has 0 radical (unpaired) electrons. The molecule has 2 N–H and O–H groups in total. The van der Waals surface area contributed by atoms with Crippen molar-refractivity contribution in [2.45, 2.75) is 19.4 Å². The van der Waals surface area contributed by atoms with Gasteiger partial charge in [0.1, 0.15) is 11.9 Å². The van der Waals surface area contributed by atoms with Crippen molar-refractivity contribution in [3.8, 4) is 0 Å². The summed E-state index contributed by atoms with van der Waals surface area (Å²) in [6, 6.07) is 14.2. The summed E-state index contributed by atoms with van der Waals surface area (Å²) in [5.74, 6) is -0.983. The highest BCUT2D eigenvalue weighted by Gasteiger charge is 2.15. The molecule has 6 nitrogen and oxygen atoms in total. The maximum absolute atomic E-state index is 13.7. The molecule has 0 spiro atoms. The van der Waals surface area contributed by atoms with Gasteiger partial charge in [-0.2, -0.15) is 5.10 Å². The molecular formula is C20H19FN4O2. The second-order valence-corrected chi connectivity index (χ2v) is 6.05. The van der Waals surface area contributed by atoms with Crippen molar-refractivity contribution >= 4 is 23.2 Å². The molecule has 3 rings (SSSR count). The van der Waals surface area contributed by atoms with Crippen LogP contribution in [0.15, 0.2) is 67.0 Å². The summed E-state index contributed by atoms with van der Waals surface area (Å²) in [7, 11) is 0. The van der Waals surface area contributed by atoms with E-state index >= 15 is 0 Å². The number of amides is 2. The number of carbonyl (C=O) groups is 2. The Morgan fingerprint density at radius 2 is 1.81 bits per heavy atom. The second kappa shape index (κ2) is 8.27. The molecule has 1 unspecified atom stereocenters. The number of aromatic nitrogens is 2. The number of nitrogens with zero attached hydrogens (tertiary/aromatic N) is 2. The van der Waals surface area contributed by atoms with Crippen molar-refractivity contribution in [2.75, 3.05) is 10.6 Å². The van der Waals surface area contributed by atoms with Crippen molar-refractivity contribution in [3.63, 3.8) is 0 Å². The SMILES string of the molecule is CC(C(=O)Nc1cccc(NC(=O)Cc2ccccc2F)c1)n1cccn1.